The van der Waals surface area contributed by atoms with Crippen LogP contribution in [0.1, 0.15) is 94.4 Å². The number of aliphatic hydroxyl groups is 2. The Bertz CT molecular complexity index is 1130. The summed E-state index contributed by atoms with van der Waals surface area (Å²) in [4.78, 5) is 39.1. The van der Waals surface area contributed by atoms with Crippen molar-refractivity contribution < 1.29 is 34.1 Å². The Kier molecular flexibility index (Phi) is 9.17. The standard InChI is InChI=1S/C31H47NO7/c1-10-29(36)21(7)19(5)28(32-15-26(29)34)39-31(11-2)22(8)18(4)24(12-13-25(31)33)23(9)30(37)14-27(35)38-16-17(3)20(30)6/h23-24,28,32,36-37H,10-16H2,1-9H3/t23?,24?,28?,29-,30+,31-/m1/s1. The first-order valence-electron chi connectivity index (χ1n) is 14.2. The first-order valence-corrected chi connectivity index (χ1v) is 14.2. The molecule has 0 aromatic rings. The number of hydrogen-bond donors (Lipinski definition) is 3. The third-order valence-corrected chi connectivity index (χ3v) is 10.2. The first-order chi connectivity index (χ1) is 18.1. The smallest absolute Gasteiger partial charge is 0.309 e. The molecule has 0 spiro atoms. The maximum absolute atomic E-state index is 13.9. The predicted molar refractivity (Wildman–Crippen MR) is 149 cm³/mol. The van der Waals surface area contributed by atoms with E-state index in [4.69, 9.17) is 9.47 Å². The molecular formula is C31H47NO7. The van der Waals surface area contributed by atoms with E-state index in [1.54, 1.807) is 13.8 Å². The van der Waals surface area contributed by atoms with Gasteiger partial charge in [-0.15, -0.1) is 0 Å². The maximum Gasteiger partial charge on any atom is 0.309 e. The molecule has 39 heavy (non-hydrogen) atoms. The first kappa shape index (κ1) is 31.4. The zero-order chi connectivity index (χ0) is 29.5. The van der Waals surface area contributed by atoms with Crippen LogP contribution in [0.15, 0.2) is 33.4 Å². The fourth-order valence-electron chi connectivity index (χ4n) is 6.75. The number of carbonyl (C=O) groups is 3. The molecule has 3 N–H and O–H groups in total. The Labute approximate surface area is 232 Å². The Morgan fingerprint density at radius 3 is 2.18 bits per heavy atom. The summed E-state index contributed by atoms with van der Waals surface area (Å²) in [6.07, 6.45) is 0.532. The molecule has 0 fully saturated rings. The second-order valence-corrected chi connectivity index (χ2v) is 11.8. The maximum atomic E-state index is 13.9. The second-order valence-electron chi connectivity index (χ2n) is 11.8. The quantitative estimate of drug-likeness (QED) is 0.337. The number of allylic oxidation sites excluding steroid dienone is 1. The normalized spacial score (nSPS) is 36.0. The van der Waals surface area contributed by atoms with Crippen molar-refractivity contribution in [3.63, 3.8) is 0 Å². The molecule has 0 aromatic heterocycles. The number of carbonyl (C=O) groups excluding carboxylic acids is 3. The molecule has 2 heterocycles. The van der Waals surface area contributed by atoms with E-state index in [-0.39, 0.29) is 55.8 Å². The highest BCUT2D eigenvalue weighted by Crippen LogP contribution is 2.47. The Morgan fingerprint density at radius 1 is 0.949 bits per heavy atom. The summed E-state index contributed by atoms with van der Waals surface area (Å²) < 4.78 is 12.0. The van der Waals surface area contributed by atoms with Crippen molar-refractivity contribution in [1.82, 2.24) is 5.32 Å². The summed E-state index contributed by atoms with van der Waals surface area (Å²) in [5, 5.41) is 26.1. The van der Waals surface area contributed by atoms with Crippen molar-refractivity contribution >= 4 is 17.5 Å². The molecular weight excluding hydrogens is 498 g/mol. The molecule has 0 amide bonds. The van der Waals surface area contributed by atoms with Crippen LogP contribution in [-0.4, -0.2) is 63.9 Å². The fourth-order valence-corrected chi connectivity index (χ4v) is 6.75. The van der Waals surface area contributed by atoms with Crippen molar-refractivity contribution in [2.75, 3.05) is 13.2 Å². The summed E-state index contributed by atoms with van der Waals surface area (Å²) in [6.45, 7) is 16.9. The third-order valence-electron chi connectivity index (χ3n) is 10.2. The van der Waals surface area contributed by atoms with E-state index in [1.165, 1.54) is 0 Å². The molecule has 0 aromatic carbocycles. The number of ether oxygens (including phenoxy) is 2. The fraction of sp³-hybridized carbons (Fsp3) is 0.710. The van der Waals surface area contributed by atoms with Gasteiger partial charge in [0.15, 0.2) is 11.6 Å². The Morgan fingerprint density at radius 2 is 1.59 bits per heavy atom. The lowest BCUT2D eigenvalue weighted by atomic mass is 9.69. The SMILES string of the molecule is CC[C@]1(O)C(=O)CNC(O[C@@]2(CC)C(=O)CCC(C(C)[C@]3(O)CC(=O)OCC(C)=C3C)C(C)=C2C)C(C)=C1C. The molecule has 0 bridgehead atoms. The Hall–Kier alpha value is -2.13. The van der Waals surface area contributed by atoms with Crippen molar-refractivity contribution in [1.29, 1.82) is 0 Å². The summed E-state index contributed by atoms with van der Waals surface area (Å²) in [5.74, 6) is -1.34. The van der Waals surface area contributed by atoms with Crippen LogP contribution in [0.25, 0.3) is 0 Å². The topological polar surface area (TPSA) is 122 Å². The van der Waals surface area contributed by atoms with E-state index in [1.807, 2.05) is 48.5 Å². The molecule has 6 atom stereocenters. The number of Topliss-reactive ketones (excluding diaryl/α,β-unsaturated/α-hetero) is 2. The molecule has 3 aliphatic rings. The van der Waals surface area contributed by atoms with Crippen molar-refractivity contribution in [2.24, 2.45) is 11.8 Å². The van der Waals surface area contributed by atoms with Gasteiger partial charge in [-0.2, -0.15) is 0 Å². The summed E-state index contributed by atoms with van der Waals surface area (Å²) in [6, 6.07) is 0. The highest BCUT2D eigenvalue weighted by Gasteiger charge is 2.50. The second kappa shape index (κ2) is 11.4. The van der Waals surface area contributed by atoms with Gasteiger partial charge >= 0.3 is 5.97 Å². The highest BCUT2D eigenvalue weighted by molar-refractivity contribution is 5.93. The van der Waals surface area contributed by atoms with Crippen LogP contribution in [0.4, 0.5) is 0 Å². The minimum absolute atomic E-state index is 0.0548. The van der Waals surface area contributed by atoms with E-state index in [0.29, 0.717) is 24.0 Å². The van der Waals surface area contributed by atoms with Crippen LogP contribution in [-0.2, 0) is 23.9 Å². The highest BCUT2D eigenvalue weighted by atomic mass is 16.5. The van der Waals surface area contributed by atoms with Crippen molar-refractivity contribution in [3.8, 4) is 0 Å². The van der Waals surface area contributed by atoms with Gasteiger partial charge in [-0.25, -0.2) is 0 Å². The van der Waals surface area contributed by atoms with E-state index < -0.39 is 29.0 Å². The molecule has 3 rings (SSSR count). The zero-order valence-corrected chi connectivity index (χ0v) is 25.1. The van der Waals surface area contributed by atoms with Crippen LogP contribution in [0, 0.1) is 11.8 Å². The van der Waals surface area contributed by atoms with Crippen LogP contribution < -0.4 is 5.32 Å². The van der Waals surface area contributed by atoms with Crippen LogP contribution in [0.5, 0.6) is 0 Å². The van der Waals surface area contributed by atoms with E-state index in [2.05, 4.69) is 5.32 Å². The number of rotatable bonds is 6. The van der Waals surface area contributed by atoms with Gasteiger partial charge in [0, 0.05) is 6.42 Å². The molecule has 0 saturated heterocycles. The molecule has 0 saturated carbocycles. The number of esters is 1. The molecule has 0 radical (unpaired) electrons. The number of cyclic esters (lactones) is 1. The monoisotopic (exact) mass is 545 g/mol. The van der Waals surface area contributed by atoms with Crippen LogP contribution in [0.3, 0.4) is 0 Å². The average molecular weight is 546 g/mol. The molecule has 1 aliphatic carbocycles. The van der Waals surface area contributed by atoms with Crippen molar-refractivity contribution in [2.45, 2.75) is 117 Å². The molecule has 8 nitrogen and oxygen atoms in total. The minimum atomic E-state index is -1.57. The largest absolute Gasteiger partial charge is 0.461 e. The molecule has 218 valence electrons. The van der Waals surface area contributed by atoms with Gasteiger partial charge in [0.05, 0.1) is 18.6 Å². The lowest BCUT2D eigenvalue weighted by Crippen LogP contribution is -2.50. The molecule has 3 unspecified atom stereocenters. The molecule has 2 aliphatic heterocycles. The average Bonchev–Trinajstić information content (AvgIpc) is 3.11. The van der Waals surface area contributed by atoms with Crippen molar-refractivity contribution in [3.05, 3.63) is 33.4 Å². The van der Waals surface area contributed by atoms with Gasteiger partial charge in [0.1, 0.15) is 24.0 Å². The van der Waals surface area contributed by atoms with E-state index >= 15 is 0 Å². The summed E-state index contributed by atoms with van der Waals surface area (Å²) in [7, 11) is 0. The van der Waals surface area contributed by atoms with Gasteiger partial charge in [0.25, 0.3) is 0 Å². The van der Waals surface area contributed by atoms with Gasteiger partial charge < -0.3 is 19.7 Å². The Balaban J connectivity index is 2.06. The van der Waals surface area contributed by atoms with Gasteiger partial charge in [0.2, 0.25) is 0 Å². The van der Waals surface area contributed by atoms with Gasteiger partial charge in [-0.3, -0.25) is 19.7 Å². The van der Waals surface area contributed by atoms with Crippen LogP contribution in [0.2, 0.25) is 0 Å². The van der Waals surface area contributed by atoms with Crippen LogP contribution >= 0.6 is 0 Å². The van der Waals surface area contributed by atoms with E-state index in [9.17, 15) is 24.6 Å². The van der Waals surface area contributed by atoms with E-state index in [0.717, 1.165) is 22.3 Å². The lowest BCUT2D eigenvalue weighted by molar-refractivity contribution is -0.148. The minimum Gasteiger partial charge on any atom is -0.461 e. The number of hydrogen-bond acceptors (Lipinski definition) is 8. The molecule has 8 heteroatoms. The van der Waals surface area contributed by atoms with Gasteiger partial charge in [-0.05, 0) is 101 Å². The lowest BCUT2D eigenvalue weighted by Gasteiger charge is -2.40. The summed E-state index contributed by atoms with van der Waals surface area (Å²) >= 11 is 0. The zero-order valence-electron chi connectivity index (χ0n) is 25.1. The summed E-state index contributed by atoms with van der Waals surface area (Å²) in [5.41, 5.74) is 0.363. The number of nitrogens with one attached hydrogen (secondary N) is 1. The predicted octanol–water partition coefficient (Wildman–Crippen LogP) is 4.09. The third kappa shape index (κ3) is 5.21. The van der Waals surface area contributed by atoms with Gasteiger partial charge in [-0.1, -0.05) is 26.3 Å². The number of ketones is 2.